The number of carbonyl (C=O) groups excluding carboxylic acids is 1. The minimum absolute atomic E-state index is 0.0448. The molecule has 0 saturated carbocycles. The van der Waals surface area contributed by atoms with E-state index in [1.54, 1.807) is 31.4 Å². The van der Waals surface area contributed by atoms with Crippen LogP contribution in [0.25, 0.3) is 0 Å². The molecule has 1 atom stereocenters. The molecule has 0 aromatic heterocycles. The zero-order chi connectivity index (χ0) is 18.0. The number of methoxy groups -OCH3 is 1. The highest BCUT2D eigenvalue weighted by atomic mass is 32.2. The summed E-state index contributed by atoms with van der Waals surface area (Å²) < 4.78 is 45.0. The molecule has 0 spiro atoms. The predicted molar refractivity (Wildman–Crippen MR) is 89.0 cm³/mol. The Morgan fingerprint density at radius 3 is 2.64 bits per heavy atom. The third-order valence-corrected chi connectivity index (χ3v) is 5.17. The molecule has 2 aromatic carbocycles. The first kappa shape index (κ1) is 17.2. The van der Waals surface area contributed by atoms with Crippen LogP contribution in [-0.2, 0) is 21.4 Å². The van der Waals surface area contributed by atoms with E-state index in [1.807, 2.05) is 0 Å². The van der Waals surface area contributed by atoms with E-state index in [2.05, 4.69) is 15.4 Å². The van der Waals surface area contributed by atoms with Gasteiger partial charge >= 0.3 is 0 Å². The minimum atomic E-state index is -3.90. The van der Waals surface area contributed by atoms with Crippen LogP contribution in [0.1, 0.15) is 5.56 Å². The van der Waals surface area contributed by atoms with Crippen LogP contribution < -0.4 is 20.1 Å². The summed E-state index contributed by atoms with van der Waals surface area (Å²) >= 11 is 0. The molecule has 0 fully saturated rings. The van der Waals surface area contributed by atoms with Crippen LogP contribution in [0.4, 0.5) is 10.1 Å². The van der Waals surface area contributed by atoms with Gasteiger partial charge in [-0.05, 0) is 35.9 Å². The first-order valence-corrected chi connectivity index (χ1v) is 8.86. The van der Waals surface area contributed by atoms with Gasteiger partial charge in [0.2, 0.25) is 10.0 Å². The Labute approximate surface area is 144 Å². The molecule has 1 heterocycles. The standard InChI is InChI=1S/C16H16FN3O4S/c1-24-12-5-2-10(3-6-12)9-18-16(21)15-19-13-8-11(17)4-7-14(13)25(22,23)20-15/h2-8,15,19-20H,9H2,1H3,(H,18,21)/t15-/m0/s1. The molecular weight excluding hydrogens is 349 g/mol. The van der Waals surface area contributed by atoms with Gasteiger partial charge in [0.1, 0.15) is 16.5 Å². The highest BCUT2D eigenvalue weighted by molar-refractivity contribution is 7.89. The topological polar surface area (TPSA) is 96.5 Å². The van der Waals surface area contributed by atoms with Gasteiger partial charge in [0.15, 0.2) is 6.17 Å². The van der Waals surface area contributed by atoms with Crippen molar-refractivity contribution in [2.45, 2.75) is 17.6 Å². The van der Waals surface area contributed by atoms with Crippen molar-refractivity contribution in [2.75, 3.05) is 12.4 Å². The van der Waals surface area contributed by atoms with Gasteiger partial charge in [0, 0.05) is 6.54 Å². The quantitative estimate of drug-likeness (QED) is 0.756. The molecule has 9 heteroatoms. The number of rotatable bonds is 4. The normalized spacial score (nSPS) is 17.9. The largest absolute Gasteiger partial charge is 0.497 e. The van der Waals surface area contributed by atoms with Crippen LogP contribution in [0.15, 0.2) is 47.4 Å². The number of sulfonamides is 1. The summed E-state index contributed by atoms with van der Waals surface area (Å²) in [7, 11) is -2.35. The summed E-state index contributed by atoms with van der Waals surface area (Å²) in [6.45, 7) is 0.207. The molecule has 0 unspecified atom stereocenters. The van der Waals surface area contributed by atoms with Gasteiger partial charge in [-0.3, -0.25) is 4.79 Å². The lowest BCUT2D eigenvalue weighted by molar-refractivity contribution is -0.122. The Morgan fingerprint density at radius 1 is 1.24 bits per heavy atom. The number of halogens is 1. The van der Waals surface area contributed by atoms with E-state index in [4.69, 9.17) is 4.74 Å². The van der Waals surface area contributed by atoms with E-state index >= 15 is 0 Å². The fraction of sp³-hybridized carbons (Fsp3) is 0.188. The number of anilines is 1. The average Bonchev–Trinajstić information content (AvgIpc) is 2.59. The number of benzene rings is 2. The zero-order valence-corrected chi connectivity index (χ0v) is 14.1. The van der Waals surface area contributed by atoms with Crippen molar-refractivity contribution in [1.82, 2.24) is 10.0 Å². The summed E-state index contributed by atoms with van der Waals surface area (Å²) in [6.07, 6.45) is -1.22. The van der Waals surface area contributed by atoms with Crippen molar-refractivity contribution in [2.24, 2.45) is 0 Å². The molecule has 1 aliphatic rings. The number of nitrogens with one attached hydrogen (secondary N) is 3. The van der Waals surface area contributed by atoms with E-state index in [9.17, 15) is 17.6 Å². The Morgan fingerprint density at radius 2 is 1.96 bits per heavy atom. The highest BCUT2D eigenvalue weighted by Crippen LogP contribution is 2.26. The first-order chi connectivity index (χ1) is 11.9. The van der Waals surface area contributed by atoms with Crippen molar-refractivity contribution in [3.8, 4) is 5.75 Å². The molecule has 0 aliphatic carbocycles. The molecular formula is C16H16FN3O4S. The van der Waals surface area contributed by atoms with E-state index in [1.165, 1.54) is 0 Å². The second kappa shape index (κ2) is 6.69. The van der Waals surface area contributed by atoms with E-state index in [0.29, 0.717) is 5.75 Å². The number of amides is 1. The maximum Gasteiger partial charge on any atom is 0.258 e. The molecule has 3 N–H and O–H groups in total. The molecule has 0 bridgehead atoms. The molecule has 132 valence electrons. The van der Waals surface area contributed by atoms with Crippen LogP contribution in [0.5, 0.6) is 5.75 Å². The smallest absolute Gasteiger partial charge is 0.258 e. The summed E-state index contributed by atoms with van der Waals surface area (Å²) in [6, 6.07) is 10.3. The van der Waals surface area contributed by atoms with Crippen LogP contribution in [0, 0.1) is 5.82 Å². The van der Waals surface area contributed by atoms with Gasteiger partial charge < -0.3 is 15.4 Å². The average molecular weight is 365 g/mol. The fourth-order valence-corrected chi connectivity index (χ4v) is 3.66. The van der Waals surface area contributed by atoms with Gasteiger partial charge in [-0.15, -0.1) is 0 Å². The second-order valence-corrected chi connectivity index (χ2v) is 7.09. The number of hydrogen-bond acceptors (Lipinski definition) is 5. The van der Waals surface area contributed by atoms with Crippen molar-refractivity contribution in [1.29, 1.82) is 0 Å². The molecule has 0 saturated heterocycles. The van der Waals surface area contributed by atoms with Gasteiger partial charge in [0.25, 0.3) is 5.91 Å². The molecule has 7 nitrogen and oxygen atoms in total. The predicted octanol–water partition coefficient (Wildman–Crippen LogP) is 1.18. The Bertz CT molecular complexity index is 900. The third-order valence-electron chi connectivity index (χ3n) is 3.69. The summed E-state index contributed by atoms with van der Waals surface area (Å²) in [5, 5.41) is 5.31. The number of fused-ring (bicyclic) bond motifs is 1. The zero-order valence-electron chi connectivity index (χ0n) is 13.2. The van der Waals surface area contributed by atoms with E-state index in [0.717, 1.165) is 23.8 Å². The lowest BCUT2D eigenvalue weighted by Crippen LogP contribution is -2.53. The molecule has 3 rings (SSSR count). The molecule has 1 aliphatic heterocycles. The Kier molecular flexibility index (Phi) is 4.60. The van der Waals surface area contributed by atoms with Gasteiger partial charge in [-0.2, -0.15) is 4.72 Å². The van der Waals surface area contributed by atoms with Crippen molar-refractivity contribution in [3.63, 3.8) is 0 Å². The highest BCUT2D eigenvalue weighted by Gasteiger charge is 2.33. The number of carbonyl (C=O) groups is 1. The van der Waals surface area contributed by atoms with E-state index < -0.39 is 27.9 Å². The lowest BCUT2D eigenvalue weighted by Gasteiger charge is -2.27. The van der Waals surface area contributed by atoms with E-state index in [-0.39, 0.29) is 17.1 Å². The van der Waals surface area contributed by atoms with Crippen molar-refractivity contribution >= 4 is 21.6 Å². The monoisotopic (exact) mass is 365 g/mol. The maximum atomic E-state index is 13.3. The fourth-order valence-electron chi connectivity index (χ4n) is 2.41. The summed E-state index contributed by atoms with van der Waals surface area (Å²) in [4.78, 5) is 12.2. The molecule has 2 aromatic rings. The third kappa shape index (κ3) is 3.72. The van der Waals surface area contributed by atoms with Crippen LogP contribution in [0.3, 0.4) is 0 Å². The van der Waals surface area contributed by atoms with Crippen molar-refractivity contribution in [3.05, 3.63) is 53.8 Å². The maximum absolute atomic E-state index is 13.3. The second-order valence-electron chi connectivity index (χ2n) is 5.40. The van der Waals surface area contributed by atoms with Crippen LogP contribution in [0.2, 0.25) is 0 Å². The Hall–Kier alpha value is -2.65. The van der Waals surface area contributed by atoms with Crippen molar-refractivity contribution < 1.29 is 22.3 Å². The number of hydrogen-bond donors (Lipinski definition) is 3. The van der Waals surface area contributed by atoms with Crippen LogP contribution >= 0.6 is 0 Å². The SMILES string of the molecule is COc1ccc(CNC(=O)[C@H]2Nc3cc(F)ccc3S(=O)(=O)N2)cc1. The van der Waals surface area contributed by atoms with Crippen LogP contribution in [-0.4, -0.2) is 27.6 Å². The first-order valence-electron chi connectivity index (χ1n) is 7.38. The van der Waals surface area contributed by atoms with Gasteiger partial charge in [-0.1, -0.05) is 12.1 Å². The molecule has 25 heavy (non-hydrogen) atoms. The lowest BCUT2D eigenvalue weighted by atomic mass is 10.2. The summed E-state index contributed by atoms with van der Waals surface area (Å²) in [5.41, 5.74) is 0.864. The minimum Gasteiger partial charge on any atom is -0.497 e. The van der Waals surface area contributed by atoms with Gasteiger partial charge in [-0.25, -0.2) is 12.8 Å². The summed E-state index contributed by atoms with van der Waals surface area (Å²) in [5.74, 6) is -0.481. The Balaban J connectivity index is 1.70. The van der Waals surface area contributed by atoms with Gasteiger partial charge in [0.05, 0.1) is 12.8 Å². The molecule has 1 amide bonds. The number of ether oxygens (including phenoxy) is 1. The molecule has 0 radical (unpaired) electrons.